The number of hydrogen-bond donors (Lipinski definition) is 2. The minimum atomic E-state index is -0.925. The Hall–Kier alpha value is -1.69. The highest BCUT2D eigenvalue weighted by atomic mass is 35.5. The lowest BCUT2D eigenvalue weighted by atomic mass is 10.1. The van der Waals surface area contributed by atoms with Gasteiger partial charge in [0.15, 0.2) is 11.6 Å². The Morgan fingerprint density at radius 2 is 1.87 bits per heavy atom. The molecule has 0 aromatic heterocycles. The second kappa shape index (κ2) is 7.73. The monoisotopic (exact) mass is 358 g/mol. The normalized spacial score (nSPS) is 12.0. The summed E-state index contributed by atoms with van der Waals surface area (Å²) in [6, 6.07) is 8.01. The number of nitrogens with one attached hydrogen (secondary N) is 2. The standard InChI is InChI=1S/C16H14Cl2F2N2O/c1-9(10-2-5-13(19)14(20)6-10)21-8-16(23)22-15-7-11(17)3-4-12(15)18/h2-7,9,21H,8H2,1H3,(H,22,23)/t9-/m1/s1. The molecule has 0 aliphatic carbocycles. The van der Waals surface area contributed by atoms with E-state index >= 15 is 0 Å². The third kappa shape index (κ3) is 4.89. The van der Waals surface area contributed by atoms with Crippen LogP contribution in [0.4, 0.5) is 14.5 Å². The van der Waals surface area contributed by atoms with Crippen LogP contribution in [0, 0.1) is 11.6 Å². The van der Waals surface area contributed by atoms with Gasteiger partial charge >= 0.3 is 0 Å². The zero-order valence-corrected chi connectivity index (χ0v) is 13.7. The van der Waals surface area contributed by atoms with Gasteiger partial charge in [0.05, 0.1) is 17.3 Å². The number of anilines is 1. The van der Waals surface area contributed by atoms with Crippen molar-refractivity contribution in [3.8, 4) is 0 Å². The van der Waals surface area contributed by atoms with Gasteiger partial charge in [0, 0.05) is 11.1 Å². The maximum absolute atomic E-state index is 13.2. The fraction of sp³-hybridized carbons (Fsp3) is 0.188. The average molecular weight is 359 g/mol. The van der Waals surface area contributed by atoms with Gasteiger partial charge in [-0.15, -0.1) is 0 Å². The summed E-state index contributed by atoms with van der Waals surface area (Å²) in [6.45, 7) is 1.72. The predicted octanol–water partition coefficient (Wildman–Crippen LogP) is 4.56. The van der Waals surface area contributed by atoms with Crippen molar-refractivity contribution < 1.29 is 13.6 Å². The molecule has 0 fully saturated rings. The number of rotatable bonds is 5. The van der Waals surface area contributed by atoms with Gasteiger partial charge in [-0.1, -0.05) is 29.3 Å². The molecule has 1 atom stereocenters. The second-order valence-corrected chi connectivity index (χ2v) is 5.79. The number of benzene rings is 2. The Kier molecular flexibility index (Phi) is 5.93. The van der Waals surface area contributed by atoms with E-state index in [1.54, 1.807) is 25.1 Å². The van der Waals surface area contributed by atoms with Crippen molar-refractivity contribution in [3.63, 3.8) is 0 Å². The fourth-order valence-corrected chi connectivity index (χ4v) is 2.27. The van der Waals surface area contributed by atoms with Gasteiger partial charge in [-0.05, 0) is 42.8 Å². The first-order valence-electron chi connectivity index (χ1n) is 6.80. The molecule has 23 heavy (non-hydrogen) atoms. The maximum Gasteiger partial charge on any atom is 0.238 e. The topological polar surface area (TPSA) is 41.1 Å². The number of halogens is 4. The van der Waals surface area contributed by atoms with Gasteiger partial charge in [0.1, 0.15) is 0 Å². The Morgan fingerprint density at radius 3 is 2.57 bits per heavy atom. The van der Waals surface area contributed by atoms with E-state index < -0.39 is 11.6 Å². The molecule has 7 heteroatoms. The lowest BCUT2D eigenvalue weighted by molar-refractivity contribution is -0.115. The summed E-state index contributed by atoms with van der Waals surface area (Å²) in [4.78, 5) is 11.9. The molecule has 0 bridgehead atoms. The van der Waals surface area contributed by atoms with Gasteiger partial charge in [-0.2, -0.15) is 0 Å². The molecule has 0 aliphatic rings. The highest BCUT2D eigenvalue weighted by Crippen LogP contribution is 2.25. The molecule has 2 aromatic carbocycles. The Morgan fingerprint density at radius 1 is 1.13 bits per heavy atom. The molecule has 0 radical (unpaired) electrons. The summed E-state index contributed by atoms with van der Waals surface area (Å²) < 4.78 is 26.1. The van der Waals surface area contributed by atoms with E-state index in [0.717, 1.165) is 12.1 Å². The maximum atomic E-state index is 13.2. The molecular formula is C16H14Cl2F2N2O. The molecule has 0 aliphatic heterocycles. The van der Waals surface area contributed by atoms with E-state index in [1.807, 2.05) is 0 Å². The number of hydrogen-bond acceptors (Lipinski definition) is 2. The average Bonchev–Trinajstić information content (AvgIpc) is 2.51. The zero-order chi connectivity index (χ0) is 17.0. The van der Waals surface area contributed by atoms with Crippen molar-refractivity contribution in [2.45, 2.75) is 13.0 Å². The quantitative estimate of drug-likeness (QED) is 0.822. The molecule has 122 valence electrons. The van der Waals surface area contributed by atoms with E-state index in [1.165, 1.54) is 6.07 Å². The van der Waals surface area contributed by atoms with Gasteiger partial charge in [-0.3, -0.25) is 4.79 Å². The molecule has 0 saturated heterocycles. The smallest absolute Gasteiger partial charge is 0.238 e. The third-order valence-electron chi connectivity index (χ3n) is 3.21. The van der Waals surface area contributed by atoms with Crippen molar-refractivity contribution >= 4 is 34.8 Å². The molecular weight excluding hydrogens is 345 g/mol. The summed E-state index contributed by atoms with van der Waals surface area (Å²) in [5.74, 6) is -2.16. The molecule has 1 amide bonds. The summed E-state index contributed by atoms with van der Waals surface area (Å²) in [7, 11) is 0. The van der Waals surface area contributed by atoms with Crippen LogP contribution in [0.25, 0.3) is 0 Å². The van der Waals surface area contributed by atoms with Crippen LogP contribution < -0.4 is 10.6 Å². The minimum Gasteiger partial charge on any atom is -0.324 e. The van der Waals surface area contributed by atoms with Gasteiger partial charge in [-0.25, -0.2) is 8.78 Å². The molecule has 2 N–H and O–H groups in total. The molecule has 0 saturated carbocycles. The van der Waals surface area contributed by atoms with Crippen molar-refractivity contribution in [1.82, 2.24) is 5.32 Å². The van der Waals surface area contributed by atoms with Crippen LogP contribution in [0.5, 0.6) is 0 Å². The number of amides is 1. The first kappa shape index (κ1) is 17.7. The Balaban J connectivity index is 1.93. The predicted molar refractivity (Wildman–Crippen MR) is 87.9 cm³/mol. The summed E-state index contributed by atoms with van der Waals surface area (Å²) in [5.41, 5.74) is 0.948. The van der Waals surface area contributed by atoms with Crippen LogP contribution in [0.2, 0.25) is 10.0 Å². The van der Waals surface area contributed by atoms with Crippen LogP contribution in [0.3, 0.4) is 0 Å². The molecule has 0 spiro atoms. The highest BCUT2D eigenvalue weighted by molar-refractivity contribution is 6.35. The molecule has 0 heterocycles. The van der Waals surface area contributed by atoms with Crippen LogP contribution in [-0.4, -0.2) is 12.5 Å². The zero-order valence-electron chi connectivity index (χ0n) is 12.2. The SMILES string of the molecule is C[C@@H](NCC(=O)Nc1cc(Cl)ccc1Cl)c1ccc(F)c(F)c1. The lowest BCUT2D eigenvalue weighted by Crippen LogP contribution is -2.30. The van der Waals surface area contributed by atoms with Gasteiger partial charge in [0.2, 0.25) is 5.91 Å². The molecule has 2 rings (SSSR count). The fourth-order valence-electron chi connectivity index (χ4n) is 1.93. The van der Waals surface area contributed by atoms with Crippen molar-refractivity contribution in [2.24, 2.45) is 0 Å². The largest absolute Gasteiger partial charge is 0.324 e. The first-order chi connectivity index (χ1) is 10.9. The van der Waals surface area contributed by atoms with Crippen molar-refractivity contribution in [2.75, 3.05) is 11.9 Å². The van der Waals surface area contributed by atoms with Crippen LogP contribution in [0.15, 0.2) is 36.4 Å². The van der Waals surface area contributed by atoms with Crippen molar-refractivity contribution in [1.29, 1.82) is 0 Å². The summed E-state index contributed by atoms with van der Waals surface area (Å²) in [6.07, 6.45) is 0. The van der Waals surface area contributed by atoms with Crippen molar-refractivity contribution in [3.05, 3.63) is 63.6 Å². The van der Waals surface area contributed by atoms with Gasteiger partial charge < -0.3 is 10.6 Å². The van der Waals surface area contributed by atoms with E-state index in [4.69, 9.17) is 23.2 Å². The number of carbonyl (C=O) groups excluding carboxylic acids is 1. The number of carbonyl (C=O) groups is 1. The summed E-state index contributed by atoms with van der Waals surface area (Å²) >= 11 is 11.8. The van der Waals surface area contributed by atoms with Crippen LogP contribution in [-0.2, 0) is 4.79 Å². The Labute approximate surface area is 142 Å². The molecule has 2 aromatic rings. The first-order valence-corrected chi connectivity index (χ1v) is 7.55. The van der Waals surface area contributed by atoms with Crippen LogP contribution in [0.1, 0.15) is 18.5 Å². The Bertz CT molecular complexity index is 725. The molecule has 3 nitrogen and oxygen atoms in total. The van der Waals surface area contributed by atoms with E-state index in [9.17, 15) is 13.6 Å². The lowest BCUT2D eigenvalue weighted by Gasteiger charge is -2.15. The van der Waals surface area contributed by atoms with Gasteiger partial charge in [0.25, 0.3) is 0 Å². The second-order valence-electron chi connectivity index (χ2n) is 4.95. The molecule has 0 unspecified atom stereocenters. The highest BCUT2D eigenvalue weighted by Gasteiger charge is 2.11. The van der Waals surface area contributed by atoms with Crippen LogP contribution >= 0.6 is 23.2 Å². The van der Waals surface area contributed by atoms with E-state index in [2.05, 4.69) is 10.6 Å². The van der Waals surface area contributed by atoms with E-state index in [0.29, 0.717) is 21.3 Å². The minimum absolute atomic E-state index is 0.0248. The summed E-state index contributed by atoms with van der Waals surface area (Å²) in [5, 5.41) is 6.37. The third-order valence-corrected chi connectivity index (χ3v) is 3.78. The van der Waals surface area contributed by atoms with E-state index in [-0.39, 0.29) is 18.5 Å².